The quantitative estimate of drug-likeness (QED) is 0.385. The first-order valence-electron chi connectivity index (χ1n) is 3.74. The Kier molecular flexibility index (Phi) is 1.83. The first kappa shape index (κ1) is 7.38. The molecule has 0 atom stereocenters. The van der Waals surface area contributed by atoms with Crippen LogP contribution in [0.3, 0.4) is 0 Å². The van der Waals surface area contributed by atoms with Gasteiger partial charge in [-0.25, -0.2) is 0 Å². The van der Waals surface area contributed by atoms with Crippen molar-refractivity contribution in [3.8, 4) is 0 Å². The fourth-order valence-corrected chi connectivity index (χ4v) is 1.15. The second-order valence-electron chi connectivity index (χ2n) is 3.33. The third-order valence-corrected chi connectivity index (χ3v) is 2.22. The van der Waals surface area contributed by atoms with Crippen LogP contribution in [0.25, 0.3) is 0 Å². The third-order valence-electron chi connectivity index (χ3n) is 2.22. The number of hydrogen-bond acceptors (Lipinski definition) is 0. The van der Waals surface area contributed by atoms with Gasteiger partial charge in [0, 0.05) is 5.92 Å². The highest BCUT2D eigenvalue weighted by molar-refractivity contribution is 5.70. The maximum absolute atomic E-state index is 5.38. The lowest BCUT2D eigenvalue weighted by Crippen LogP contribution is -2.50. The van der Waals surface area contributed by atoms with E-state index in [-0.39, 0.29) is 0 Å². The number of hydrogen-bond donors (Lipinski definition) is 2. The Morgan fingerprint density at radius 1 is 1.40 bits per heavy atom. The molecule has 0 bridgehead atoms. The van der Waals surface area contributed by atoms with E-state index in [4.69, 9.17) is 11.5 Å². The normalized spacial score (nSPS) is 24.7. The van der Waals surface area contributed by atoms with Crippen molar-refractivity contribution in [3.05, 3.63) is 0 Å². The molecule has 3 heteroatoms. The van der Waals surface area contributed by atoms with Crippen molar-refractivity contribution in [1.29, 1.82) is 0 Å². The molecule has 0 unspecified atom stereocenters. The summed E-state index contributed by atoms with van der Waals surface area (Å²) in [5.41, 5.74) is 10.8. The molecule has 1 aliphatic heterocycles. The standard InChI is InChI=1S/C7H15N3/c1-5(2)6-3-10(4-6)7(8)9/h5-6H,3-4H2,1-2H3,(H3,8,9)/p+1. The van der Waals surface area contributed by atoms with Crippen molar-refractivity contribution in [3.63, 3.8) is 0 Å². The van der Waals surface area contributed by atoms with Gasteiger partial charge in [0.15, 0.2) is 0 Å². The first-order valence-corrected chi connectivity index (χ1v) is 3.74. The Labute approximate surface area is 61.7 Å². The van der Waals surface area contributed by atoms with Gasteiger partial charge in [0.25, 0.3) is 0 Å². The summed E-state index contributed by atoms with van der Waals surface area (Å²) < 4.78 is 2.00. The number of nitrogens with two attached hydrogens (primary N) is 2. The largest absolute Gasteiger partial charge is 0.341 e. The van der Waals surface area contributed by atoms with Gasteiger partial charge in [-0.3, -0.25) is 16.0 Å². The van der Waals surface area contributed by atoms with Gasteiger partial charge in [0.1, 0.15) is 0 Å². The van der Waals surface area contributed by atoms with Gasteiger partial charge in [-0.2, -0.15) is 0 Å². The molecule has 1 fully saturated rings. The van der Waals surface area contributed by atoms with E-state index in [2.05, 4.69) is 13.8 Å². The Morgan fingerprint density at radius 2 is 1.90 bits per heavy atom. The highest BCUT2D eigenvalue weighted by Gasteiger charge is 2.29. The number of guanidine groups is 1. The van der Waals surface area contributed by atoms with Crippen molar-refractivity contribution < 1.29 is 4.58 Å². The zero-order valence-electron chi connectivity index (χ0n) is 6.67. The minimum absolute atomic E-state index is 0.469. The van der Waals surface area contributed by atoms with Crippen molar-refractivity contribution in [1.82, 2.24) is 0 Å². The predicted octanol–water partition coefficient (Wildman–Crippen LogP) is -0.442. The van der Waals surface area contributed by atoms with Crippen LogP contribution in [-0.4, -0.2) is 23.6 Å². The molecule has 10 heavy (non-hydrogen) atoms. The third kappa shape index (κ3) is 1.23. The average Bonchev–Trinajstić information content (AvgIpc) is 1.56. The van der Waals surface area contributed by atoms with Gasteiger partial charge in [0.05, 0.1) is 13.1 Å². The lowest BCUT2D eigenvalue weighted by molar-refractivity contribution is -0.609. The van der Waals surface area contributed by atoms with Crippen molar-refractivity contribution >= 4 is 5.96 Å². The summed E-state index contributed by atoms with van der Waals surface area (Å²) in [7, 11) is 0. The smallest absolute Gasteiger partial charge is 0.291 e. The van der Waals surface area contributed by atoms with E-state index >= 15 is 0 Å². The lowest BCUT2D eigenvalue weighted by atomic mass is 9.90. The van der Waals surface area contributed by atoms with Crippen LogP contribution in [0.15, 0.2) is 0 Å². The monoisotopic (exact) mass is 142 g/mol. The van der Waals surface area contributed by atoms with Gasteiger partial charge >= 0.3 is 5.96 Å². The molecule has 0 saturated carbocycles. The molecule has 0 spiro atoms. The van der Waals surface area contributed by atoms with E-state index in [1.165, 1.54) is 0 Å². The van der Waals surface area contributed by atoms with Crippen molar-refractivity contribution in [2.75, 3.05) is 13.1 Å². The summed E-state index contributed by atoms with van der Waals surface area (Å²) in [4.78, 5) is 0. The second-order valence-corrected chi connectivity index (χ2v) is 3.33. The van der Waals surface area contributed by atoms with Crippen LogP contribution < -0.4 is 11.5 Å². The minimum atomic E-state index is 0.469. The van der Waals surface area contributed by atoms with Gasteiger partial charge in [-0.05, 0) is 5.92 Å². The van der Waals surface area contributed by atoms with E-state index in [1.807, 2.05) is 4.58 Å². The van der Waals surface area contributed by atoms with Crippen LogP contribution in [0, 0.1) is 11.8 Å². The molecular weight excluding hydrogens is 126 g/mol. The predicted molar refractivity (Wildman–Crippen MR) is 41.7 cm³/mol. The van der Waals surface area contributed by atoms with E-state index < -0.39 is 0 Å². The molecule has 0 aliphatic carbocycles. The average molecular weight is 142 g/mol. The highest BCUT2D eigenvalue weighted by atomic mass is 15.2. The van der Waals surface area contributed by atoms with E-state index in [1.54, 1.807) is 0 Å². The molecule has 0 aromatic rings. The molecule has 0 aromatic carbocycles. The van der Waals surface area contributed by atoms with Crippen LogP contribution in [-0.2, 0) is 0 Å². The Bertz CT molecular complexity index is 148. The van der Waals surface area contributed by atoms with Crippen LogP contribution in [0.4, 0.5) is 0 Å². The molecule has 1 rings (SSSR count). The molecule has 0 amide bonds. The summed E-state index contributed by atoms with van der Waals surface area (Å²) >= 11 is 0. The van der Waals surface area contributed by atoms with Crippen molar-refractivity contribution in [2.24, 2.45) is 23.3 Å². The maximum Gasteiger partial charge on any atom is 0.341 e. The summed E-state index contributed by atoms with van der Waals surface area (Å²) in [5, 5.41) is 0. The van der Waals surface area contributed by atoms with E-state index in [0.717, 1.165) is 24.9 Å². The molecular formula is C7H16N3+. The molecule has 1 heterocycles. The maximum atomic E-state index is 5.38. The SMILES string of the molecule is CC(C)C1C[N+](=C(N)N)C1. The minimum Gasteiger partial charge on any atom is -0.291 e. The number of rotatable bonds is 1. The Morgan fingerprint density at radius 3 is 2.20 bits per heavy atom. The summed E-state index contributed by atoms with van der Waals surface area (Å²) in [5.74, 6) is 2.02. The van der Waals surface area contributed by atoms with Gasteiger partial charge in [-0.15, -0.1) is 0 Å². The number of nitrogens with zero attached hydrogens (tertiary/aromatic N) is 1. The van der Waals surface area contributed by atoms with E-state index in [9.17, 15) is 0 Å². The zero-order valence-corrected chi connectivity index (χ0v) is 6.67. The van der Waals surface area contributed by atoms with Gasteiger partial charge in [0.2, 0.25) is 0 Å². The summed E-state index contributed by atoms with van der Waals surface area (Å²) in [6, 6.07) is 0. The topological polar surface area (TPSA) is 55.0 Å². The fraction of sp³-hybridized carbons (Fsp3) is 0.857. The second kappa shape index (κ2) is 2.48. The molecule has 0 radical (unpaired) electrons. The summed E-state index contributed by atoms with van der Waals surface area (Å²) in [6.45, 7) is 6.55. The molecule has 1 saturated heterocycles. The Hall–Kier alpha value is -0.730. The van der Waals surface area contributed by atoms with E-state index in [0.29, 0.717) is 5.96 Å². The highest BCUT2D eigenvalue weighted by Crippen LogP contribution is 2.18. The molecule has 4 N–H and O–H groups in total. The molecule has 58 valence electrons. The van der Waals surface area contributed by atoms with Crippen LogP contribution >= 0.6 is 0 Å². The molecule has 3 nitrogen and oxygen atoms in total. The van der Waals surface area contributed by atoms with Crippen LogP contribution in [0.2, 0.25) is 0 Å². The Balaban J connectivity index is 2.38. The first-order chi connectivity index (χ1) is 4.61. The fourth-order valence-electron chi connectivity index (χ4n) is 1.15. The van der Waals surface area contributed by atoms with Gasteiger partial charge < -0.3 is 0 Å². The van der Waals surface area contributed by atoms with Gasteiger partial charge in [-0.1, -0.05) is 13.8 Å². The molecule has 0 aromatic heterocycles. The lowest BCUT2D eigenvalue weighted by Gasteiger charge is -2.31. The summed E-state index contributed by atoms with van der Waals surface area (Å²) in [6.07, 6.45) is 0. The van der Waals surface area contributed by atoms with Crippen LogP contribution in [0.1, 0.15) is 13.8 Å². The molecule has 1 aliphatic rings. The zero-order chi connectivity index (χ0) is 7.72. The van der Waals surface area contributed by atoms with Crippen LogP contribution in [0.5, 0.6) is 0 Å². The van der Waals surface area contributed by atoms with Crippen molar-refractivity contribution in [2.45, 2.75) is 13.8 Å².